The summed E-state index contributed by atoms with van der Waals surface area (Å²) in [7, 11) is 0. The number of para-hydroxylation sites is 1. The van der Waals surface area contributed by atoms with Crippen molar-refractivity contribution in [3.63, 3.8) is 0 Å². The molecule has 2 fully saturated rings. The molecule has 12 rings (SSSR count). The Kier molecular flexibility index (Phi) is 35.9. The number of aromatic nitrogens is 27. The average Bonchev–Trinajstić information content (AvgIpc) is 1.74. The molecule has 0 bridgehead atoms. The Morgan fingerprint density at radius 1 is 0.316 bits per heavy atom. The summed E-state index contributed by atoms with van der Waals surface area (Å²) in [5.74, 6) is 0.457. The summed E-state index contributed by atoms with van der Waals surface area (Å²) in [5.41, 5.74) is 0.435. The van der Waals surface area contributed by atoms with Gasteiger partial charge in [0, 0.05) is 62.0 Å². The maximum absolute atomic E-state index is 11.8. The fraction of sp³-hybridized carbons (Fsp3) is 0.371. The normalized spacial score (nSPS) is 12.4. The van der Waals surface area contributed by atoms with Crippen LogP contribution >= 0.6 is 0 Å². The van der Waals surface area contributed by atoms with Crippen LogP contribution in [-0.2, 0) is 0 Å². The van der Waals surface area contributed by atoms with Gasteiger partial charge in [-0.3, -0.25) is 9.97 Å². The van der Waals surface area contributed by atoms with Gasteiger partial charge in [-0.05, 0) is 178 Å². The van der Waals surface area contributed by atoms with Crippen molar-refractivity contribution in [1.29, 1.82) is 0 Å². The molecule has 2 aliphatic carbocycles. The molecule has 33 nitrogen and oxygen atoms in total. The highest BCUT2D eigenvalue weighted by molar-refractivity contribution is 5.31. The lowest BCUT2D eigenvalue weighted by atomic mass is 9.96. The quantitative estimate of drug-likeness (QED) is 0.113. The first-order valence-electron chi connectivity index (χ1n) is 31.3. The Balaban J connectivity index is 0.000000291. The molecule has 0 atom stereocenters. The number of allylic oxidation sites excluding steroid dienone is 6. The number of benzene rings is 1. The predicted octanol–water partition coefficient (Wildman–Crippen LogP) is 7.67. The van der Waals surface area contributed by atoms with Gasteiger partial charge in [0.25, 0.3) is 0 Å². The minimum absolute atomic E-state index is 0.125. The lowest BCUT2D eigenvalue weighted by Gasteiger charge is -2.19. The van der Waals surface area contributed by atoms with Crippen molar-refractivity contribution in [2.75, 3.05) is 0 Å². The van der Waals surface area contributed by atoms with Crippen LogP contribution in [0.4, 0.5) is 0 Å². The maximum atomic E-state index is 11.8. The molecule has 0 aliphatic heterocycles. The Bertz CT molecular complexity index is 3870. The van der Waals surface area contributed by atoms with Crippen LogP contribution in [0.25, 0.3) is 60.1 Å². The van der Waals surface area contributed by atoms with Crippen molar-refractivity contribution in [2.24, 2.45) is 0 Å². The average molecular weight is 1310 g/mol. The number of tetrazole rings is 6. The molecular formula is C62H87N27O6. The Morgan fingerprint density at radius 3 is 1.04 bits per heavy atom. The first-order valence-corrected chi connectivity index (χ1v) is 31.3. The lowest BCUT2D eigenvalue weighted by Crippen LogP contribution is -2.27. The van der Waals surface area contributed by atoms with Crippen molar-refractivity contribution < 1.29 is 0 Å². The van der Waals surface area contributed by atoms with Gasteiger partial charge in [-0.2, -0.15) is 51.5 Å². The van der Waals surface area contributed by atoms with E-state index in [1.807, 2.05) is 94.4 Å². The summed E-state index contributed by atoms with van der Waals surface area (Å²) >= 11 is 0. The van der Waals surface area contributed by atoms with E-state index in [9.17, 15) is 28.8 Å². The maximum Gasteiger partial charge on any atom is 0.374 e. The SMILES string of the molecule is C/C=C/n1nnn(-c2ccccc2)c1=O.C/C=C/n1nnn(-c2ccccn2)c1=O.C/C=C/n1nnn(-c2cccnc2)c1=O.C/C=C/n1nnn(-c2ccncc2)c1=O.C/C=C/n1nnn(C2CC2)c1=O.C/C=C/n1nnn(C2CCCCC2)c1=O.CC.CC.CC.CC. The van der Waals surface area contributed by atoms with E-state index in [1.165, 1.54) is 67.6 Å². The Morgan fingerprint density at radius 2 is 0.663 bits per heavy atom. The molecule has 33 heteroatoms. The third kappa shape index (κ3) is 23.2. The summed E-state index contributed by atoms with van der Waals surface area (Å²) < 4.78 is 15.0. The summed E-state index contributed by atoms with van der Waals surface area (Å²) in [5, 5.41) is 44.9. The zero-order valence-corrected chi connectivity index (χ0v) is 56.4. The second kappa shape index (κ2) is 43.9. The van der Waals surface area contributed by atoms with E-state index in [-0.39, 0.29) is 40.2 Å². The zero-order valence-electron chi connectivity index (χ0n) is 56.4. The third-order valence-electron chi connectivity index (χ3n) is 11.9. The van der Waals surface area contributed by atoms with Gasteiger partial charge in [0.05, 0.1) is 35.3 Å². The van der Waals surface area contributed by atoms with Gasteiger partial charge in [-0.15, -0.1) is 4.68 Å². The van der Waals surface area contributed by atoms with Crippen molar-refractivity contribution in [2.45, 2.75) is 154 Å². The Labute approximate surface area is 548 Å². The summed E-state index contributed by atoms with van der Waals surface area (Å²) in [4.78, 5) is 81.7. The van der Waals surface area contributed by atoms with Crippen molar-refractivity contribution in [3.8, 4) is 22.9 Å². The van der Waals surface area contributed by atoms with Gasteiger partial charge >= 0.3 is 34.1 Å². The smallest absolute Gasteiger partial charge is 0.265 e. The van der Waals surface area contributed by atoms with Crippen LogP contribution in [0.2, 0.25) is 0 Å². The van der Waals surface area contributed by atoms with E-state index in [1.54, 1.807) is 174 Å². The molecule has 9 heterocycles. The first-order chi connectivity index (χ1) is 46.5. The van der Waals surface area contributed by atoms with Gasteiger partial charge in [0.1, 0.15) is 0 Å². The molecule has 0 N–H and O–H groups in total. The summed E-state index contributed by atoms with van der Waals surface area (Å²) in [6.07, 6.45) is 35.6. The van der Waals surface area contributed by atoms with E-state index in [0.29, 0.717) is 28.9 Å². The minimum Gasteiger partial charge on any atom is -0.265 e. The molecule has 0 unspecified atom stereocenters. The van der Waals surface area contributed by atoms with Crippen LogP contribution in [0.15, 0.2) is 169 Å². The highest BCUT2D eigenvalue weighted by atomic mass is 16.2. The number of nitrogens with zero attached hydrogens (tertiary/aromatic N) is 27. The van der Waals surface area contributed by atoms with E-state index in [4.69, 9.17) is 0 Å². The summed E-state index contributed by atoms with van der Waals surface area (Å²) in [6, 6.07) is 21.8. The fourth-order valence-corrected chi connectivity index (χ4v) is 7.72. The first kappa shape index (κ1) is 77.6. The minimum atomic E-state index is -0.341. The number of hydrogen-bond donors (Lipinski definition) is 0. The van der Waals surface area contributed by atoms with Crippen molar-refractivity contribution in [3.05, 3.63) is 203 Å². The van der Waals surface area contributed by atoms with Crippen LogP contribution in [0.1, 0.15) is 154 Å². The van der Waals surface area contributed by atoms with Gasteiger partial charge < -0.3 is 0 Å². The van der Waals surface area contributed by atoms with Gasteiger partial charge in [0.2, 0.25) is 0 Å². The van der Waals surface area contributed by atoms with Crippen LogP contribution in [0.3, 0.4) is 0 Å². The van der Waals surface area contributed by atoms with Gasteiger partial charge in [-0.1, -0.05) is 135 Å². The molecule has 0 spiro atoms. The molecule has 506 valence electrons. The molecular weight excluding hydrogens is 1220 g/mol. The fourth-order valence-electron chi connectivity index (χ4n) is 7.72. The molecule has 10 aromatic rings. The van der Waals surface area contributed by atoms with E-state index in [0.717, 1.165) is 39.7 Å². The van der Waals surface area contributed by atoms with Gasteiger partial charge in [-0.25, -0.2) is 33.8 Å². The monoisotopic (exact) mass is 1310 g/mol. The van der Waals surface area contributed by atoms with Crippen LogP contribution in [0.5, 0.6) is 0 Å². The van der Waals surface area contributed by atoms with Crippen LogP contribution < -0.4 is 34.1 Å². The number of rotatable bonds is 12. The molecule has 9 aromatic heterocycles. The molecule has 2 aliphatic rings. The largest absolute Gasteiger partial charge is 0.374 e. The molecule has 0 saturated heterocycles. The predicted molar refractivity (Wildman–Crippen MR) is 366 cm³/mol. The molecule has 95 heavy (non-hydrogen) atoms. The zero-order chi connectivity index (χ0) is 69.9. The van der Waals surface area contributed by atoms with Crippen molar-refractivity contribution in [1.82, 2.24) is 134 Å². The van der Waals surface area contributed by atoms with Crippen molar-refractivity contribution >= 4 is 37.2 Å². The molecule has 2 saturated carbocycles. The highest BCUT2D eigenvalue weighted by Gasteiger charge is 2.27. The molecule has 0 amide bonds. The molecule has 0 radical (unpaired) electrons. The van der Waals surface area contributed by atoms with Crippen LogP contribution in [0, 0.1) is 0 Å². The van der Waals surface area contributed by atoms with E-state index >= 15 is 0 Å². The molecule has 1 aromatic carbocycles. The summed E-state index contributed by atoms with van der Waals surface area (Å²) in [6.45, 7) is 26.9. The number of pyridine rings is 3. The standard InChI is InChI=1S/C10H16N4O.C10H10N4O.3C9H9N5O.C7H10N4O.4C2H6/c2*1-2-8-13-10(15)14(12-11-13)9-6-4-3-5-7-9;1-2-7-13-9(15)14(12-11-13)8-3-5-10-6-4-8;1-2-7-13-9(15)14(12-11-13)8-5-3-4-6-10-8;1-2-6-13-9(15)14(12-11-13)8-4-3-5-10-7-8;1-2-5-10-7(12)11(9-8-10)6-3-4-6;4*1-2/h2,8-9H,3-7H2,1H3;2-8H,1H3;3*2-7H,1H3;2,5-6H,3-4H2,1H3;4*1-2H3/b2*8-2+;2*7-2+;6-2+;5-2+;;;;. The Hall–Kier alpha value is -11.7. The topological polar surface area (TPSA) is 355 Å². The van der Waals surface area contributed by atoms with Crippen LogP contribution in [-0.4, -0.2) is 134 Å². The third-order valence-corrected chi connectivity index (χ3v) is 11.9. The van der Waals surface area contributed by atoms with E-state index < -0.39 is 0 Å². The highest BCUT2D eigenvalue weighted by Crippen LogP contribution is 2.32. The number of hydrogen-bond acceptors (Lipinski definition) is 21. The second-order valence-corrected chi connectivity index (χ2v) is 18.1. The van der Waals surface area contributed by atoms with E-state index in [2.05, 4.69) is 77.5 Å². The second-order valence-electron chi connectivity index (χ2n) is 18.1. The van der Waals surface area contributed by atoms with Gasteiger partial charge in [0.15, 0.2) is 5.82 Å². The lowest BCUT2D eigenvalue weighted by molar-refractivity contribution is 0.318.